The van der Waals surface area contributed by atoms with Gasteiger partial charge in [-0.1, -0.05) is 29.8 Å². The molecule has 0 bridgehead atoms. The molecule has 1 fully saturated rings. The van der Waals surface area contributed by atoms with Crippen LogP contribution in [0.2, 0.25) is 0 Å². The summed E-state index contributed by atoms with van der Waals surface area (Å²) < 4.78 is 5.53. The first-order valence-electron chi connectivity index (χ1n) is 11.0. The molecule has 1 aromatic heterocycles. The lowest BCUT2D eigenvalue weighted by molar-refractivity contribution is -0.140. The molecule has 2 heterocycles. The lowest BCUT2D eigenvalue weighted by Gasteiger charge is -2.26. The molecule has 174 valence electrons. The number of rotatable bonds is 6. The number of likely N-dealkylation sites (tertiary alicyclic amines) is 1. The second-order valence-corrected chi connectivity index (χ2v) is 8.25. The average molecular weight is 459 g/mol. The van der Waals surface area contributed by atoms with E-state index < -0.39 is 17.7 Å². The fourth-order valence-electron chi connectivity index (χ4n) is 4.18. The number of ether oxygens (including phenoxy) is 1. The number of phenols is 1. The minimum atomic E-state index is -0.868. The number of carbonyl (C=O) groups is 2. The summed E-state index contributed by atoms with van der Waals surface area (Å²) in [6, 6.07) is 12.9. The summed E-state index contributed by atoms with van der Waals surface area (Å²) in [5.74, 6) is -1.56. The molecule has 2 aromatic carbocycles. The Bertz CT molecular complexity index is 1280. The van der Waals surface area contributed by atoms with Crippen molar-refractivity contribution in [1.82, 2.24) is 9.88 Å². The van der Waals surface area contributed by atoms with Crippen molar-refractivity contribution in [2.24, 2.45) is 0 Å². The highest BCUT2D eigenvalue weighted by Crippen LogP contribution is 2.42. The van der Waals surface area contributed by atoms with Crippen LogP contribution in [0.3, 0.4) is 0 Å². The number of Topliss-reactive ketones (excluding diaryl/α,β-unsaturated/α-hetero) is 1. The van der Waals surface area contributed by atoms with Crippen LogP contribution in [0.25, 0.3) is 5.76 Å². The first kappa shape index (κ1) is 23.0. The summed E-state index contributed by atoms with van der Waals surface area (Å²) in [7, 11) is 0. The van der Waals surface area contributed by atoms with Gasteiger partial charge in [0.15, 0.2) is 11.5 Å². The molecule has 7 nitrogen and oxygen atoms in total. The zero-order chi connectivity index (χ0) is 24.4. The second kappa shape index (κ2) is 9.39. The standard InChI is InChI=1S/C27H26N2O5/c1-4-34-22-14-19(7-8-21(22)30)24-23(25(31)18-9-11-28-12-10-18)26(32)27(33)29(24)15-20-13-16(2)5-6-17(20)3/h5-14,24,30-31H,4,15H2,1-3H3/b25-23-. The number of hydrogen-bond donors (Lipinski definition) is 2. The van der Waals surface area contributed by atoms with Gasteiger partial charge in [-0.15, -0.1) is 0 Å². The van der Waals surface area contributed by atoms with E-state index in [-0.39, 0.29) is 29.4 Å². The first-order chi connectivity index (χ1) is 16.3. The molecule has 34 heavy (non-hydrogen) atoms. The minimum Gasteiger partial charge on any atom is -0.507 e. The molecule has 1 unspecified atom stereocenters. The van der Waals surface area contributed by atoms with Crippen molar-refractivity contribution < 1.29 is 24.5 Å². The predicted molar refractivity (Wildman–Crippen MR) is 127 cm³/mol. The zero-order valence-electron chi connectivity index (χ0n) is 19.3. The van der Waals surface area contributed by atoms with Gasteiger partial charge in [0.05, 0.1) is 18.2 Å². The van der Waals surface area contributed by atoms with Gasteiger partial charge in [-0.3, -0.25) is 14.6 Å². The number of aromatic hydroxyl groups is 1. The van der Waals surface area contributed by atoms with E-state index >= 15 is 0 Å². The number of nitrogens with zero attached hydrogens (tertiary/aromatic N) is 2. The number of ketones is 1. The SMILES string of the molecule is CCOc1cc(C2/C(=C(/O)c3ccncc3)C(=O)C(=O)N2Cc2cc(C)ccc2C)ccc1O. The third kappa shape index (κ3) is 4.24. The normalized spacial score (nSPS) is 17.3. The largest absolute Gasteiger partial charge is 0.507 e. The van der Waals surface area contributed by atoms with E-state index in [1.807, 2.05) is 32.0 Å². The average Bonchev–Trinajstić information content (AvgIpc) is 3.08. The molecule has 0 spiro atoms. The summed E-state index contributed by atoms with van der Waals surface area (Å²) in [4.78, 5) is 31.9. The van der Waals surface area contributed by atoms with Crippen LogP contribution in [0, 0.1) is 13.8 Å². The van der Waals surface area contributed by atoms with Gasteiger partial charge >= 0.3 is 0 Å². The smallest absolute Gasteiger partial charge is 0.295 e. The van der Waals surface area contributed by atoms with Crippen molar-refractivity contribution >= 4 is 17.4 Å². The summed E-state index contributed by atoms with van der Waals surface area (Å²) in [5.41, 5.74) is 3.83. The molecule has 4 rings (SSSR count). The number of aliphatic hydroxyl groups excluding tert-OH is 1. The van der Waals surface area contributed by atoms with Crippen molar-refractivity contribution in [3.05, 3.63) is 94.3 Å². The molecule has 1 amide bonds. The van der Waals surface area contributed by atoms with Crippen LogP contribution in [-0.4, -0.2) is 38.4 Å². The van der Waals surface area contributed by atoms with Crippen LogP contribution in [0.5, 0.6) is 11.5 Å². The van der Waals surface area contributed by atoms with Crippen LogP contribution in [0.1, 0.15) is 40.8 Å². The maximum Gasteiger partial charge on any atom is 0.295 e. The number of amides is 1. The molecule has 3 aromatic rings. The highest BCUT2D eigenvalue weighted by Gasteiger charge is 2.46. The topological polar surface area (TPSA) is 100.0 Å². The van der Waals surface area contributed by atoms with E-state index in [9.17, 15) is 19.8 Å². The lowest BCUT2D eigenvalue weighted by atomic mass is 9.95. The highest BCUT2D eigenvalue weighted by atomic mass is 16.5. The number of carbonyl (C=O) groups excluding carboxylic acids is 2. The molecular weight excluding hydrogens is 432 g/mol. The van der Waals surface area contributed by atoms with Gasteiger partial charge in [0.1, 0.15) is 5.76 Å². The molecule has 1 aliphatic rings. The predicted octanol–water partition coefficient (Wildman–Crippen LogP) is 4.42. The van der Waals surface area contributed by atoms with Crippen molar-refractivity contribution in [1.29, 1.82) is 0 Å². The van der Waals surface area contributed by atoms with Gasteiger partial charge in [-0.05, 0) is 61.7 Å². The van der Waals surface area contributed by atoms with Crippen LogP contribution < -0.4 is 4.74 Å². The Labute approximate surface area is 198 Å². The van der Waals surface area contributed by atoms with Crippen LogP contribution in [0.4, 0.5) is 0 Å². The van der Waals surface area contributed by atoms with E-state index in [4.69, 9.17) is 4.74 Å². The van der Waals surface area contributed by atoms with Gasteiger partial charge in [0.25, 0.3) is 11.7 Å². The summed E-state index contributed by atoms with van der Waals surface area (Å²) in [6.45, 7) is 6.22. The Kier molecular flexibility index (Phi) is 6.36. The molecule has 1 aliphatic heterocycles. The summed E-state index contributed by atoms with van der Waals surface area (Å²) in [6.07, 6.45) is 3.01. The molecule has 2 N–H and O–H groups in total. The molecule has 0 aliphatic carbocycles. The Morgan fingerprint density at radius 2 is 1.79 bits per heavy atom. The van der Waals surface area contributed by atoms with Crippen molar-refractivity contribution in [2.75, 3.05) is 6.61 Å². The van der Waals surface area contributed by atoms with Crippen LogP contribution in [0.15, 0.2) is 66.5 Å². The molecule has 0 radical (unpaired) electrons. The number of aliphatic hydroxyl groups is 1. The monoisotopic (exact) mass is 458 g/mol. The molecular formula is C27H26N2O5. The minimum absolute atomic E-state index is 0.0188. The number of aromatic nitrogens is 1. The number of pyridine rings is 1. The Morgan fingerprint density at radius 1 is 1.06 bits per heavy atom. The van der Waals surface area contributed by atoms with Crippen LogP contribution in [-0.2, 0) is 16.1 Å². The quantitative estimate of drug-likeness (QED) is 0.322. The highest BCUT2D eigenvalue weighted by molar-refractivity contribution is 6.46. The summed E-state index contributed by atoms with van der Waals surface area (Å²) in [5, 5.41) is 21.3. The fraction of sp³-hybridized carbons (Fsp3) is 0.222. The van der Waals surface area contributed by atoms with Crippen LogP contribution >= 0.6 is 0 Å². The van der Waals surface area contributed by atoms with E-state index in [0.717, 1.165) is 16.7 Å². The number of benzene rings is 2. The van der Waals surface area contributed by atoms with Crippen molar-refractivity contribution in [3.8, 4) is 11.5 Å². The molecule has 0 saturated carbocycles. The number of phenolic OH excluding ortho intramolecular Hbond substituents is 1. The molecule has 7 heteroatoms. The van der Waals surface area contributed by atoms with Crippen molar-refractivity contribution in [2.45, 2.75) is 33.4 Å². The number of aryl methyl sites for hydroxylation is 2. The third-order valence-electron chi connectivity index (χ3n) is 5.94. The fourth-order valence-corrected chi connectivity index (χ4v) is 4.18. The number of hydrogen-bond acceptors (Lipinski definition) is 6. The first-order valence-corrected chi connectivity index (χ1v) is 11.0. The summed E-state index contributed by atoms with van der Waals surface area (Å²) >= 11 is 0. The second-order valence-electron chi connectivity index (χ2n) is 8.25. The molecule has 1 saturated heterocycles. The van der Waals surface area contributed by atoms with Gasteiger partial charge in [0, 0.05) is 24.5 Å². The lowest BCUT2D eigenvalue weighted by Crippen LogP contribution is -2.29. The van der Waals surface area contributed by atoms with Gasteiger partial charge in [0.2, 0.25) is 0 Å². The van der Waals surface area contributed by atoms with Gasteiger partial charge in [-0.25, -0.2) is 0 Å². The third-order valence-corrected chi connectivity index (χ3v) is 5.94. The van der Waals surface area contributed by atoms with E-state index in [0.29, 0.717) is 17.7 Å². The van der Waals surface area contributed by atoms with E-state index in [2.05, 4.69) is 4.98 Å². The van der Waals surface area contributed by atoms with Gasteiger partial charge in [-0.2, -0.15) is 0 Å². The Morgan fingerprint density at radius 3 is 2.50 bits per heavy atom. The Hall–Kier alpha value is -4.13. The zero-order valence-corrected chi connectivity index (χ0v) is 19.3. The maximum absolute atomic E-state index is 13.3. The Balaban J connectivity index is 1.90. The van der Waals surface area contributed by atoms with Gasteiger partial charge < -0.3 is 19.8 Å². The van der Waals surface area contributed by atoms with Crippen molar-refractivity contribution in [3.63, 3.8) is 0 Å². The van der Waals surface area contributed by atoms with E-state index in [1.165, 1.54) is 23.4 Å². The molecule has 1 atom stereocenters. The van der Waals surface area contributed by atoms with E-state index in [1.54, 1.807) is 31.2 Å². The maximum atomic E-state index is 13.3.